The van der Waals surface area contributed by atoms with Crippen molar-refractivity contribution in [2.24, 2.45) is 5.92 Å². The highest BCUT2D eigenvalue weighted by atomic mass is 32.1. The minimum absolute atomic E-state index is 0.0352. The van der Waals surface area contributed by atoms with Gasteiger partial charge in [0, 0.05) is 24.1 Å². The van der Waals surface area contributed by atoms with Gasteiger partial charge < -0.3 is 20.4 Å². The van der Waals surface area contributed by atoms with E-state index in [0.29, 0.717) is 11.2 Å². The number of hydrogen-bond donors (Lipinski definition) is 4. The third kappa shape index (κ3) is 5.17. The second kappa shape index (κ2) is 10.1. The van der Waals surface area contributed by atoms with Crippen LogP contribution < -0.4 is 16.0 Å². The molecule has 0 spiro atoms. The number of benzene rings is 1. The van der Waals surface area contributed by atoms with Gasteiger partial charge in [0.2, 0.25) is 5.91 Å². The zero-order valence-electron chi connectivity index (χ0n) is 18.6. The monoisotopic (exact) mass is 503 g/mol. The predicted molar refractivity (Wildman–Crippen MR) is 124 cm³/mol. The topological polar surface area (TPSA) is 168 Å². The van der Waals surface area contributed by atoms with Gasteiger partial charge >= 0.3 is 5.97 Å². The minimum atomic E-state index is -1.26. The molecule has 2 aromatic rings. The molecule has 4 atom stereocenters. The number of carboxylic acids is 1. The number of carboxylic acid groups (broad SMARTS) is 1. The van der Waals surface area contributed by atoms with Crippen LogP contribution in [0.4, 0.5) is 0 Å². The van der Waals surface area contributed by atoms with Gasteiger partial charge in [-0.1, -0.05) is 18.2 Å². The van der Waals surface area contributed by atoms with E-state index in [-0.39, 0.29) is 32.6 Å². The summed E-state index contributed by atoms with van der Waals surface area (Å²) >= 11 is 1.29. The van der Waals surface area contributed by atoms with Crippen molar-refractivity contribution in [1.82, 2.24) is 21.0 Å². The van der Waals surface area contributed by atoms with Crippen LogP contribution in [0.2, 0.25) is 0 Å². The summed E-state index contributed by atoms with van der Waals surface area (Å²) in [5, 5.41) is 33.0. The molecule has 2 saturated heterocycles. The largest absolute Gasteiger partial charge is 0.604 e. The number of carbonyl (C=O) groups excluding carboxylic acids is 4. The lowest BCUT2D eigenvalue weighted by atomic mass is 10.1. The van der Waals surface area contributed by atoms with E-state index in [0.717, 1.165) is 15.1 Å². The first-order valence-electron chi connectivity index (χ1n) is 11.1. The number of thiophene rings is 1. The fourth-order valence-electron chi connectivity index (χ4n) is 4.39. The summed E-state index contributed by atoms with van der Waals surface area (Å²) in [5.74, 6) is -3.76. The molecule has 0 radical (unpaired) electrons. The molecule has 0 aliphatic carbocycles. The van der Waals surface area contributed by atoms with Crippen molar-refractivity contribution in [3.05, 3.63) is 40.4 Å². The zero-order valence-corrected chi connectivity index (χ0v) is 19.5. The van der Waals surface area contributed by atoms with Crippen molar-refractivity contribution >= 4 is 51.4 Å². The molecule has 1 aromatic heterocycles. The van der Waals surface area contributed by atoms with Gasteiger partial charge in [-0.25, -0.2) is 4.76 Å². The number of hydrogen-bond acceptors (Lipinski definition) is 8. The van der Waals surface area contributed by atoms with E-state index >= 15 is 0 Å². The van der Waals surface area contributed by atoms with Gasteiger partial charge in [-0.2, -0.15) is 5.01 Å². The third-order valence-corrected chi connectivity index (χ3v) is 7.27. The van der Waals surface area contributed by atoms with Gasteiger partial charge in [0.15, 0.2) is 6.17 Å². The van der Waals surface area contributed by atoms with Crippen LogP contribution in [-0.2, 0) is 19.2 Å². The standard InChI is InChI=1S/C22H25N5O7S/c28-11-15(8-20(30)31)24-21(32)14-9-23-12-26-19(29)6-5-18(27(26,34)10-14)25-22(33)17-7-13-3-1-2-4-16(13)35-17/h1-4,7,11,14-15,18,23H,5-6,8-10,12H2,(H,24,32)(H,25,33)(H,30,31). The summed E-state index contributed by atoms with van der Waals surface area (Å²) < 4.78 is -0.337. The number of carbonyl (C=O) groups is 5. The molecule has 35 heavy (non-hydrogen) atoms. The second-order valence-corrected chi connectivity index (χ2v) is 9.65. The van der Waals surface area contributed by atoms with Crippen LogP contribution in [0.3, 0.4) is 0 Å². The molecule has 186 valence electrons. The number of fused-ring (bicyclic) bond motifs is 2. The van der Waals surface area contributed by atoms with Crippen LogP contribution in [0.15, 0.2) is 30.3 Å². The molecule has 2 aliphatic rings. The Balaban J connectivity index is 1.54. The van der Waals surface area contributed by atoms with E-state index in [1.54, 1.807) is 6.07 Å². The highest BCUT2D eigenvalue weighted by Gasteiger charge is 2.48. The van der Waals surface area contributed by atoms with Gasteiger partial charge in [0.05, 0.1) is 17.3 Å². The van der Waals surface area contributed by atoms with Crippen LogP contribution in [-0.4, -0.2) is 76.8 Å². The van der Waals surface area contributed by atoms with E-state index < -0.39 is 53.0 Å². The Morgan fingerprint density at radius 2 is 2.11 bits per heavy atom. The average molecular weight is 504 g/mol. The highest BCUT2D eigenvalue weighted by molar-refractivity contribution is 7.20. The molecule has 13 heteroatoms. The smallest absolute Gasteiger partial charge is 0.305 e. The van der Waals surface area contributed by atoms with Gasteiger partial charge in [-0.15, -0.1) is 11.3 Å². The van der Waals surface area contributed by atoms with E-state index in [2.05, 4.69) is 16.0 Å². The normalized spacial score (nSPS) is 25.3. The molecule has 0 bridgehead atoms. The van der Waals surface area contributed by atoms with Crippen molar-refractivity contribution in [1.29, 1.82) is 0 Å². The van der Waals surface area contributed by atoms with Crippen LogP contribution in [0.25, 0.3) is 10.1 Å². The number of nitrogens with one attached hydrogen (secondary N) is 3. The van der Waals surface area contributed by atoms with Crippen molar-refractivity contribution in [2.45, 2.75) is 31.5 Å². The van der Waals surface area contributed by atoms with Gasteiger partial charge in [0.25, 0.3) is 11.8 Å². The van der Waals surface area contributed by atoms with Crippen molar-refractivity contribution in [2.75, 3.05) is 19.8 Å². The molecule has 3 amide bonds. The summed E-state index contributed by atoms with van der Waals surface area (Å²) in [4.78, 5) is 60.9. The Kier molecular flexibility index (Phi) is 7.12. The number of aliphatic carboxylic acids is 1. The minimum Gasteiger partial charge on any atom is -0.604 e. The summed E-state index contributed by atoms with van der Waals surface area (Å²) in [7, 11) is 0. The summed E-state index contributed by atoms with van der Waals surface area (Å²) in [6, 6.07) is 7.99. The van der Waals surface area contributed by atoms with Crippen LogP contribution >= 0.6 is 11.3 Å². The first-order chi connectivity index (χ1) is 16.7. The Hall–Kier alpha value is -3.39. The maximum absolute atomic E-state index is 14.1. The van der Waals surface area contributed by atoms with E-state index in [9.17, 15) is 29.2 Å². The summed E-state index contributed by atoms with van der Waals surface area (Å²) in [5.41, 5.74) is 0. The number of aldehydes is 1. The Bertz CT molecular complexity index is 1140. The average Bonchev–Trinajstić information content (AvgIpc) is 3.17. The molecule has 2 aliphatic heterocycles. The molecule has 2 fully saturated rings. The van der Waals surface area contributed by atoms with Gasteiger partial charge in [0.1, 0.15) is 25.4 Å². The van der Waals surface area contributed by atoms with Crippen molar-refractivity contribution in [3.8, 4) is 0 Å². The third-order valence-electron chi connectivity index (χ3n) is 6.15. The molecule has 0 saturated carbocycles. The zero-order chi connectivity index (χ0) is 25.2. The number of hydroxylamine groups is 2. The molecule has 4 rings (SSSR count). The number of quaternary nitrogens is 1. The number of nitrogens with zero attached hydrogens (tertiary/aromatic N) is 2. The van der Waals surface area contributed by atoms with Crippen LogP contribution in [0, 0.1) is 11.1 Å². The molecule has 4 unspecified atom stereocenters. The lowest BCUT2D eigenvalue weighted by Crippen LogP contribution is -2.72. The van der Waals surface area contributed by atoms with E-state index in [1.807, 2.05) is 24.3 Å². The van der Waals surface area contributed by atoms with Crippen LogP contribution in [0.5, 0.6) is 0 Å². The Morgan fingerprint density at radius 1 is 1.34 bits per heavy atom. The lowest BCUT2D eigenvalue weighted by Gasteiger charge is -2.55. The second-order valence-electron chi connectivity index (χ2n) is 8.57. The number of rotatable bonds is 7. The fourth-order valence-corrected chi connectivity index (χ4v) is 5.36. The molecule has 12 nitrogen and oxygen atoms in total. The van der Waals surface area contributed by atoms with Gasteiger partial charge in [-0.3, -0.25) is 29.8 Å². The number of amides is 3. The summed E-state index contributed by atoms with van der Waals surface area (Å²) in [6.45, 7) is -0.457. The predicted octanol–water partition coefficient (Wildman–Crippen LogP) is 0.145. The molecular formula is C22H25N5O7S. The first-order valence-corrected chi connectivity index (χ1v) is 11.9. The van der Waals surface area contributed by atoms with Gasteiger partial charge in [-0.05, 0) is 17.5 Å². The van der Waals surface area contributed by atoms with E-state index in [1.165, 1.54) is 11.3 Å². The Labute approximate surface area is 204 Å². The van der Waals surface area contributed by atoms with Crippen LogP contribution in [0.1, 0.15) is 28.9 Å². The molecule has 3 heterocycles. The fraction of sp³-hybridized carbons (Fsp3) is 0.409. The maximum atomic E-state index is 14.1. The van der Waals surface area contributed by atoms with E-state index in [4.69, 9.17) is 5.11 Å². The molecular weight excluding hydrogens is 478 g/mol. The molecule has 1 aromatic carbocycles. The molecule has 4 N–H and O–H groups in total. The Morgan fingerprint density at radius 3 is 2.83 bits per heavy atom. The highest BCUT2D eigenvalue weighted by Crippen LogP contribution is 2.30. The summed E-state index contributed by atoms with van der Waals surface area (Å²) in [6.07, 6.45) is -1.13. The first kappa shape index (κ1) is 24.7. The SMILES string of the molecule is O=CC(CC(=O)O)NC(=O)C1CNCN2C(=O)CCC(NC(=O)c3cc4ccccc4s3)[N+]2([O-])C1. The van der Waals surface area contributed by atoms with Crippen molar-refractivity contribution < 1.29 is 33.8 Å². The maximum Gasteiger partial charge on any atom is 0.305 e. The van der Waals surface area contributed by atoms with Crippen molar-refractivity contribution in [3.63, 3.8) is 0 Å². The quantitative estimate of drug-likeness (QED) is 0.235. The lowest BCUT2D eigenvalue weighted by molar-refractivity contribution is -1.01.